The lowest BCUT2D eigenvalue weighted by molar-refractivity contribution is 0.403. The van der Waals surface area contributed by atoms with Gasteiger partial charge in [-0.05, 0) is 30.7 Å². The molecule has 0 fully saturated rings. The fourth-order valence-electron chi connectivity index (χ4n) is 2.68. The number of fused-ring (bicyclic) bond motifs is 1. The smallest absolute Gasteiger partial charge is 0.241 e. The van der Waals surface area contributed by atoms with Crippen molar-refractivity contribution in [2.24, 2.45) is 5.14 Å². The number of sulfonamides is 1. The number of rotatable bonds is 4. The fraction of sp³-hybridized carbons (Fsp3) is 0.188. The van der Waals surface area contributed by atoms with Crippen molar-refractivity contribution in [1.82, 2.24) is 5.16 Å². The molecule has 1 heterocycles. The second-order valence-corrected chi connectivity index (χ2v) is 6.73. The van der Waals surface area contributed by atoms with E-state index in [1.54, 1.807) is 24.3 Å². The summed E-state index contributed by atoms with van der Waals surface area (Å²) in [6, 6.07) is 8.36. The van der Waals surface area contributed by atoms with E-state index in [2.05, 4.69) is 5.16 Å². The summed E-state index contributed by atoms with van der Waals surface area (Å²) in [5.41, 5.74) is 2.21. The van der Waals surface area contributed by atoms with E-state index in [-0.39, 0.29) is 23.1 Å². The molecule has 0 atom stereocenters. The zero-order valence-corrected chi connectivity index (χ0v) is 15.4. The number of nitrogens with zero attached hydrogens (tertiary/aromatic N) is 1. The number of ether oxygens (including phenoxy) is 2. The summed E-state index contributed by atoms with van der Waals surface area (Å²) in [5.74, 6) is 0.685. The Morgan fingerprint density at radius 3 is 2.44 bits per heavy atom. The van der Waals surface area contributed by atoms with Gasteiger partial charge in [0.2, 0.25) is 10.0 Å². The van der Waals surface area contributed by atoms with Crippen molar-refractivity contribution in [3.63, 3.8) is 0 Å². The molecule has 25 heavy (non-hydrogen) atoms. The number of halogens is 1. The fourth-order valence-corrected chi connectivity index (χ4v) is 3.39. The number of benzene rings is 2. The standard InChI is InChI=1S/C16H16N2O5S.ClH/c1-9-7-8-12(24(17,19)20)16(22-3)13(9)15-14-10(21-2)5-4-6-11(14)23-18-15;/h4-8H,1-3H3,(H2,17,19,20);1H. The Hall–Kier alpha value is -2.29. The van der Waals surface area contributed by atoms with Crippen LogP contribution in [0.3, 0.4) is 0 Å². The van der Waals surface area contributed by atoms with E-state index in [0.29, 0.717) is 28.0 Å². The monoisotopic (exact) mass is 384 g/mol. The number of aryl methyl sites for hydroxylation is 1. The lowest BCUT2D eigenvalue weighted by atomic mass is 10.0. The van der Waals surface area contributed by atoms with Gasteiger partial charge in [0, 0.05) is 0 Å². The zero-order valence-electron chi connectivity index (χ0n) is 13.8. The van der Waals surface area contributed by atoms with Crippen LogP contribution in [0.1, 0.15) is 5.56 Å². The Labute approximate surface area is 151 Å². The van der Waals surface area contributed by atoms with Crippen LogP contribution in [0.5, 0.6) is 11.5 Å². The first kappa shape index (κ1) is 19.0. The van der Waals surface area contributed by atoms with Crippen molar-refractivity contribution in [2.45, 2.75) is 11.8 Å². The van der Waals surface area contributed by atoms with E-state index in [9.17, 15) is 8.42 Å². The lowest BCUT2D eigenvalue weighted by Gasteiger charge is -2.14. The third-order valence-electron chi connectivity index (χ3n) is 3.76. The molecule has 0 saturated carbocycles. The maximum Gasteiger partial charge on any atom is 0.241 e. The minimum absolute atomic E-state index is 0. The first-order valence-corrected chi connectivity index (χ1v) is 8.56. The number of hydrogen-bond donors (Lipinski definition) is 1. The average molecular weight is 385 g/mol. The van der Waals surface area contributed by atoms with Gasteiger partial charge in [-0.1, -0.05) is 17.3 Å². The Kier molecular flexibility index (Phi) is 5.26. The molecule has 0 radical (unpaired) electrons. The third kappa shape index (κ3) is 3.15. The Balaban J connectivity index is 0.00000225. The number of primary sulfonamides is 1. The van der Waals surface area contributed by atoms with Gasteiger partial charge in [0.15, 0.2) is 5.58 Å². The Bertz CT molecular complexity index is 1030. The molecule has 3 rings (SSSR count). The van der Waals surface area contributed by atoms with Crippen molar-refractivity contribution >= 4 is 33.4 Å². The van der Waals surface area contributed by atoms with Crippen molar-refractivity contribution in [3.8, 4) is 22.8 Å². The van der Waals surface area contributed by atoms with E-state index in [1.807, 2.05) is 6.92 Å². The molecule has 7 nitrogen and oxygen atoms in total. The van der Waals surface area contributed by atoms with Gasteiger partial charge in [-0.2, -0.15) is 0 Å². The van der Waals surface area contributed by atoms with Gasteiger partial charge in [-0.3, -0.25) is 0 Å². The summed E-state index contributed by atoms with van der Waals surface area (Å²) in [7, 11) is -1.04. The normalized spacial score (nSPS) is 11.2. The summed E-state index contributed by atoms with van der Waals surface area (Å²) >= 11 is 0. The highest BCUT2D eigenvalue weighted by molar-refractivity contribution is 7.89. The van der Waals surface area contributed by atoms with Crippen molar-refractivity contribution in [3.05, 3.63) is 35.9 Å². The molecule has 0 aliphatic heterocycles. The van der Waals surface area contributed by atoms with Crippen molar-refractivity contribution in [2.75, 3.05) is 14.2 Å². The van der Waals surface area contributed by atoms with Crippen LogP contribution >= 0.6 is 12.4 Å². The molecule has 0 amide bonds. The van der Waals surface area contributed by atoms with E-state index < -0.39 is 10.0 Å². The first-order valence-electron chi connectivity index (χ1n) is 7.01. The van der Waals surface area contributed by atoms with Crippen LogP contribution in [0.15, 0.2) is 39.8 Å². The van der Waals surface area contributed by atoms with Crippen molar-refractivity contribution < 1.29 is 22.4 Å². The largest absolute Gasteiger partial charge is 0.496 e. The minimum Gasteiger partial charge on any atom is -0.496 e. The van der Waals surface area contributed by atoms with Crippen LogP contribution in [0.25, 0.3) is 22.2 Å². The molecule has 0 spiro atoms. The average Bonchev–Trinajstić information content (AvgIpc) is 2.97. The molecule has 2 N–H and O–H groups in total. The molecule has 2 aromatic carbocycles. The Morgan fingerprint density at radius 1 is 1.12 bits per heavy atom. The number of hydrogen-bond acceptors (Lipinski definition) is 6. The minimum atomic E-state index is -3.96. The van der Waals surface area contributed by atoms with Gasteiger partial charge in [0.1, 0.15) is 22.1 Å². The zero-order chi connectivity index (χ0) is 17.5. The van der Waals surface area contributed by atoms with Crippen LogP contribution in [0.2, 0.25) is 0 Å². The lowest BCUT2D eigenvalue weighted by Crippen LogP contribution is -2.14. The molecule has 0 saturated heterocycles. The number of nitrogens with two attached hydrogens (primary N) is 1. The van der Waals surface area contributed by atoms with Crippen LogP contribution in [0.4, 0.5) is 0 Å². The highest BCUT2D eigenvalue weighted by atomic mass is 35.5. The first-order chi connectivity index (χ1) is 11.4. The van der Waals surface area contributed by atoms with Crippen LogP contribution in [-0.4, -0.2) is 27.8 Å². The van der Waals surface area contributed by atoms with Gasteiger partial charge in [0.25, 0.3) is 0 Å². The highest BCUT2D eigenvalue weighted by Crippen LogP contribution is 2.42. The van der Waals surface area contributed by atoms with E-state index in [0.717, 1.165) is 5.56 Å². The van der Waals surface area contributed by atoms with Crippen LogP contribution in [0, 0.1) is 6.92 Å². The summed E-state index contributed by atoms with van der Waals surface area (Å²) in [6.07, 6.45) is 0. The maximum atomic E-state index is 11.9. The molecule has 3 aromatic rings. The molecule has 1 aromatic heterocycles. The van der Waals surface area contributed by atoms with E-state index in [1.165, 1.54) is 20.3 Å². The summed E-state index contributed by atoms with van der Waals surface area (Å²) < 4.78 is 39.8. The predicted molar refractivity (Wildman–Crippen MR) is 95.9 cm³/mol. The third-order valence-corrected chi connectivity index (χ3v) is 4.69. The molecular weight excluding hydrogens is 368 g/mol. The quantitative estimate of drug-likeness (QED) is 0.741. The highest BCUT2D eigenvalue weighted by Gasteiger charge is 2.25. The second-order valence-electron chi connectivity index (χ2n) is 5.20. The maximum absolute atomic E-state index is 11.9. The van der Waals surface area contributed by atoms with Crippen molar-refractivity contribution in [1.29, 1.82) is 0 Å². The number of aromatic nitrogens is 1. The van der Waals surface area contributed by atoms with Gasteiger partial charge >= 0.3 is 0 Å². The summed E-state index contributed by atoms with van der Waals surface area (Å²) in [6.45, 7) is 1.82. The van der Waals surface area contributed by atoms with Gasteiger partial charge in [-0.25, -0.2) is 13.6 Å². The van der Waals surface area contributed by atoms with E-state index >= 15 is 0 Å². The van der Waals surface area contributed by atoms with Crippen LogP contribution in [-0.2, 0) is 10.0 Å². The predicted octanol–water partition coefficient (Wildman–Crippen LogP) is 2.89. The van der Waals surface area contributed by atoms with Gasteiger partial charge < -0.3 is 14.0 Å². The molecule has 0 aliphatic rings. The summed E-state index contributed by atoms with van der Waals surface area (Å²) in [5, 5.41) is 10.0. The SMILES string of the molecule is COc1c(S(N)(=O)=O)ccc(C)c1-c1noc2cccc(OC)c12.Cl. The molecule has 134 valence electrons. The number of methoxy groups -OCH3 is 2. The summed E-state index contributed by atoms with van der Waals surface area (Å²) in [4.78, 5) is -0.114. The van der Waals surface area contributed by atoms with E-state index in [4.69, 9.17) is 19.1 Å². The molecular formula is C16H17ClN2O5S. The molecule has 0 aliphatic carbocycles. The molecule has 0 bridgehead atoms. The second kappa shape index (κ2) is 6.91. The molecule has 9 heteroatoms. The Morgan fingerprint density at radius 2 is 1.84 bits per heavy atom. The topological polar surface area (TPSA) is 105 Å². The van der Waals surface area contributed by atoms with Gasteiger partial charge in [-0.15, -0.1) is 12.4 Å². The molecule has 0 unspecified atom stereocenters. The van der Waals surface area contributed by atoms with Gasteiger partial charge in [0.05, 0.1) is 25.2 Å². The van der Waals surface area contributed by atoms with Crippen LogP contribution < -0.4 is 14.6 Å².